The Balaban J connectivity index is 1.72. The van der Waals surface area contributed by atoms with E-state index >= 15 is 0 Å². The number of aromatic nitrogens is 1. The maximum absolute atomic E-state index is 5.90. The molecule has 0 aliphatic rings. The molecule has 3 rings (SSSR count). The monoisotopic (exact) mass is 307 g/mol. The summed E-state index contributed by atoms with van der Waals surface area (Å²) in [5, 5.41) is 1.14. The van der Waals surface area contributed by atoms with Gasteiger partial charge in [0.15, 0.2) is 0 Å². The lowest BCUT2D eigenvalue weighted by Crippen LogP contribution is -2.00. The van der Waals surface area contributed by atoms with E-state index in [9.17, 15) is 0 Å². The van der Waals surface area contributed by atoms with Gasteiger partial charge in [0.25, 0.3) is 0 Å². The molecule has 3 nitrogen and oxygen atoms in total. The van der Waals surface area contributed by atoms with E-state index in [4.69, 9.17) is 9.47 Å². The molecular weight excluding hydrogens is 286 g/mol. The SMILES string of the molecule is CCCOc1cc(C)cc(OCc2ccc3ccccc3n2)c1. The lowest BCUT2D eigenvalue weighted by atomic mass is 10.2. The minimum atomic E-state index is 0.446. The lowest BCUT2D eigenvalue weighted by Gasteiger charge is -2.11. The molecule has 0 saturated heterocycles. The van der Waals surface area contributed by atoms with Gasteiger partial charge in [-0.2, -0.15) is 0 Å². The van der Waals surface area contributed by atoms with Crippen molar-refractivity contribution in [3.05, 3.63) is 65.9 Å². The van der Waals surface area contributed by atoms with E-state index in [-0.39, 0.29) is 0 Å². The minimum absolute atomic E-state index is 0.446. The Morgan fingerprint density at radius 1 is 0.913 bits per heavy atom. The smallest absolute Gasteiger partial charge is 0.130 e. The second-order valence-electron chi connectivity index (χ2n) is 5.61. The zero-order valence-corrected chi connectivity index (χ0v) is 13.6. The molecule has 23 heavy (non-hydrogen) atoms. The van der Waals surface area contributed by atoms with Crippen LogP contribution < -0.4 is 9.47 Å². The van der Waals surface area contributed by atoms with Crippen molar-refractivity contribution in [3.63, 3.8) is 0 Å². The van der Waals surface area contributed by atoms with Crippen molar-refractivity contribution >= 4 is 10.9 Å². The van der Waals surface area contributed by atoms with Gasteiger partial charge in [-0.3, -0.25) is 0 Å². The second-order valence-corrected chi connectivity index (χ2v) is 5.61. The van der Waals surface area contributed by atoms with Gasteiger partial charge in [-0.25, -0.2) is 4.98 Å². The van der Waals surface area contributed by atoms with E-state index in [1.807, 2.05) is 49.4 Å². The van der Waals surface area contributed by atoms with Crippen molar-refractivity contribution in [2.24, 2.45) is 0 Å². The first-order chi connectivity index (χ1) is 11.2. The van der Waals surface area contributed by atoms with Crippen LogP contribution >= 0.6 is 0 Å². The van der Waals surface area contributed by atoms with Crippen LogP contribution in [0.1, 0.15) is 24.6 Å². The third kappa shape index (κ3) is 4.01. The highest BCUT2D eigenvalue weighted by atomic mass is 16.5. The summed E-state index contributed by atoms with van der Waals surface area (Å²) in [6, 6.07) is 18.1. The van der Waals surface area contributed by atoms with Crippen LogP contribution in [0.3, 0.4) is 0 Å². The Morgan fingerprint density at radius 3 is 2.52 bits per heavy atom. The van der Waals surface area contributed by atoms with Crippen molar-refractivity contribution in [3.8, 4) is 11.5 Å². The fourth-order valence-corrected chi connectivity index (χ4v) is 2.45. The first-order valence-corrected chi connectivity index (χ1v) is 7.96. The molecule has 3 heteroatoms. The summed E-state index contributed by atoms with van der Waals surface area (Å²) in [7, 11) is 0. The number of benzene rings is 2. The molecule has 1 heterocycles. The Hall–Kier alpha value is -2.55. The fraction of sp³-hybridized carbons (Fsp3) is 0.250. The van der Waals surface area contributed by atoms with Gasteiger partial charge in [-0.05, 0) is 43.2 Å². The Bertz CT molecular complexity index is 799. The average Bonchev–Trinajstić information content (AvgIpc) is 2.57. The first kappa shape index (κ1) is 15.3. The number of rotatable bonds is 6. The molecule has 2 aromatic carbocycles. The molecule has 3 aromatic rings. The zero-order valence-electron chi connectivity index (χ0n) is 13.6. The van der Waals surface area contributed by atoms with E-state index in [1.165, 1.54) is 0 Å². The summed E-state index contributed by atoms with van der Waals surface area (Å²) in [6.07, 6.45) is 0.991. The van der Waals surface area contributed by atoms with Crippen LogP contribution in [-0.4, -0.2) is 11.6 Å². The fourth-order valence-electron chi connectivity index (χ4n) is 2.45. The molecule has 0 saturated carbocycles. The molecule has 0 radical (unpaired) electrons. The van der Waals surface area contributed by atoms with Crippen molar-refractivity contribution in [2.45, 2.75) is 26.9 Å². The highest BCUT2D eigenvalue weighted by Gasteiger charge is 2.03. The lowest BCUT2D eigenvalue weighted by molar-refractivity contribution is 0.291. The van der Waals surface area contributed by atoms with Crippen molar-refractivity contribution in [2.75, 3.05) is 6.61 Å². The van der Waals surface area contributed by atoms with Crippen LogP contribution in [0.5, 0.6) is 11.5 Å². The van der Waals surface area contributed by atoms with Gasteiger partial charge in [-0.1, -0.05) is 31.2 Å². The first-order valence-electron chi connectivity index (χ1n) is 7.96. The molecule has 1 aromatic heterocycles. The minimum Gasteiger partial charge on any atom is -0.493 e. The number of nitrogens with zero attached hydrogens (tertiary/aromatic N) is 1. The third-order valence-corrected chi connectivity index (χ3v) is 3.54. The predicted octanol–water partition coefficient (Wildman–Crippen LogP) is 4.91. The third-order valence-electron chi connectivity index (χ3n) is 3.54. The van der Waals surface area contributed by atoms with E-state index in [0.29, 0.717) is 6.61 Å². The van der Waals surface area contributed by atoms with E-state index in [2.05, 4.69) is 24.0 Å². The molecule has 0 unspecified atom stereocenters. The van der Waals surface area contributed by atoms with Crippen LogP contribution in [0.15, 0.2) is 54.6 Å². The number of ether oxygens (including phenoxy) is 2. The Kier molecular flexibility index (Phi) is 4.77. The standard InChI is InChI=1S/C20H21NO2/c1-3-10-22-18-11-15(2)12-19(13-18)23-14-17-9-8-16-6-4-5-7-20(16)21-17/h4-9,11-13H,3,10,14H2,1-2H3. The van der Waals surface area contributed by atoms with Crippen LogP contribution in [0, 0.1) is 6.92 Å². The Labute approximate surface area is 136 Å². The number of hydrogen-bond donors (Lipinski definition) is 0. The van der Waals surface area contributed by atoms with Gasteiger partial charge in [0.2, 0.25) is 0 Å². The highest BCUT2D eigenvalue weighted by molar-refractivity contribution is 5.78. The highest BCUT2D eigenvalue weighted by Crippen LogP contribution is 2.23. The second kappa shape index (κ2) is 7.14. The maximum atomic E-state index is 5.90. The van der Waals surface area contributed by atoms with E-state index in [0.717, 1.165) is 46.7 Å². The van der Waals surface area contributed by atoms with Crippen LogP contribution in [0.2, 0.25) is 0 Å². The summed E-state index contributed by atoms with van der Waals surface area (Å²) >= 11 is 0. The largest absolute Gasteiger partial charge is 0.493 e. The van der Waals surface area contributed by atoms with Gasteiger partial charge in [0, 0.05) is 11.5 Å². The number of hydrogen-bond acceptors (Lipinski definition) is 3. The van der Waals surface area contributed by atoms with Gasteiger partial charge in [-0.15, -0.1) is 0 Å². The summed E-state index contributed by atoms with van der Waals surface area (Å²) < 4.78 is 11.6. The van der Waals surface area contributed by atoms with Crippen molar-refractivity contribution in [1.29, 1.82) is 0 Å². The molecule has 0 aliphatic heterocycles. The summed E-state index contributed by atoms with van der Waals surface area (Å²) in [5.41, 5.74) is 3.03. The molecule has 0 aliphatic carbocycles. The summed E-state index contributed by atoms with van der Waals surface area (Å²) in [5.74, 6) is 1.67. The van der Waals surface area contributed by atoms with Gasteiger partial charge in [0.05, 0.1) is 17.8 Å². The molecule has 0 atom stereocenters. The van der Waals surface area contributed by atoms with Crippen LogP contribution in [-0.2, 0) is 6.61 Å². The average molecular weight is 307 g/mol. The van der Waals surface area contributed by atoms with Crippen molar-refractivity contribution < 1.29 is 9.47 Å². The molecular formula is C20H21NO2. The maximum Gasteiger partial charge on any atom is 0.130 e. The molecule has 0 spiro atoms. The van der Waals surface area contributed by atoms with Gasteiger partial charge >= 0.3 is 0 Å². The van der Waals surface area contributed by atoms with Gasteiger partial charge < -0.3 is 9.47 Å². The van der Waals surface area contributed by atoms with Crippen LogP contribution in [0.4, 0.5) is 0 Å². The normalized spacial score (nSPS) is 10.7. The molecule has 0 N–H and O–H groups in total. The van der Waals surface area contributed by atoms with E-state index < -0.39 is 0 Å². The molecule has 0 amide bonds. The van der Waals surface area contributed by atoms with Crippen LogP contribution in [0.25, 0.3) is 10.9 Å². The quantitative estimate of drug-likeness (QED) is 0.648. The number of aryl methyl sites for hydroxylation is 1. The topological polar surface area (TPSA) is 31.4 Å². The zero-order chi connectivity index (χ0) is 16.1. The molecule has 118 valence electrons. The predicted molar refractivity (Wildman–Crippen MR) is 93.0 cm³/mol. The summed E-state index contributed by atoms with van der Waals surface area (Å²) in [6.45, 7) is 5.30. The molecule has 0 bridgehead atoms. The number of pyridine rings is 1. The van der Waals surface area contributed by atoms with Gasteiger partial charge in [0.1, 0.15) is 18.1 Å². The number of para-hydroxylation sites is 1. The number of fused-ring (bicyclic) bond motifs is 1. The Morgan fingerprint density at radius 2 is 1.70 bits per heavy atom. The van der Waals surface area contributed by atoms with Crippen molar-refractivity contribution in [1.82, 2.24) is 4.98 Å². The summed E-state index contributed by atoms with van der Waals surface area (Å²) in [4.78, 5) is 4.63. The van der Waals surface area contributed by atoms with E-state index in [1.54, 1.807) is 0 Å². The molecule has 0 fully saturated rings.